The van der Waals surface area contributed by atoms with E-state index in [0.717, 1.165) is 5.56 Å². The first-order chi connectivity index (χ1) is 9.02. The van der Waals surface area contributed by atoms with Gasteiger partial charge in [-0.15, -0.1) is 0 Å². The van der Waals surface area contributed by atoms with Crippen LogP contribution in [0.15, 0.2) is 36.4 Å². The first kappa shape index (κ1) is 13.4. The number of hydrogen-bond donors (Lipinski definition) is 1. The van der Waals surface area contributed by atoms with Crippen LogP contribution in [0.4, 0.5) is 5.69 Å². The minimum atomic E-state index is -0.0814. The van der Waals surface area contributed by atoms with E-state index in [2.05, 4.69) is 0 Å². The van der Waals surface area contributed by atoms with E-state index in [1.807, 2.05) is 6.92 Å². The van der Waals surface area contributed by atoms with Gasteiger partial charge in [0, 0.05) is 16.8 Å². The molecule has 2 aromatic carbocycles. The predicted octanol–water partition coefficient (Wildman–Crippen LogP) is 3.47. The van der Waals surface area contributed by atoms with Crippen LogP contribution < -0.4 is 10.5 Å². The van der Waals surface area contributed by atoms with Crippen molar-refractivity contribution in [3.8, 4) is 5.75 Å². The van der Waals surface area contributed by atoms with E-state index in [-0.39, 0.29) is 5.78 Å². The molecule has 0 saturated carbocycles. The van der Waals surface area contributed by atoms with Gasteiger partial charge >= 0.3 is 0 Å². The number of methoxy groups -OCH3 is 1. The van der Waals surface area contributed by atoms with Crippen molar-refractivity contribution < 1.29 is 9.53 Å². The summed E-state index contributed by atoms with van der Waals surface area (Å²) >= 11 is 6.03. The van der Waals surface area contributed by atoms with Crippen molar-refractivity contribution in [2.45, 2.75) is 6.92 Å². The van der Waals surface area contributed by atoms with Gasteiger partial charge in [0.1, 0.15) is 5.75 Å². The van der Waals surface area contributed by atoms with Gasteiger partial charge in [0.2, 0.25) is 0 Å². The summed E-state index contributed by atoms with van der Waals surface area (Å²) in [7, 11) is 1.53. The fourth-order valence-corrected chi connectivity index (χ4v) is 2.16. The molecule has 0 heterocycles. The largest absolute Gasteiger partial charge is 0.495 e. The average Bonchev–Trinajstić information content (AvgIpc) is 2.38. The molecule has 98 valence electrons. The highest BCUT2D eigenvalue weighted by molar-refractivity contribution is 6.32. The fraction of sp³-hybridized carbons (Fsp3) is 0.133. The van der Waals surface area contributed by atoms with Crippen molar-refractivity contribution in [2.24, 2.45) is 0 Å². The molecule has 0 aliphatic heterocycles. The Kier molecular flexibility index (Phi) is 3.76. The average molecular weight is 276 g/mol. The van der Waals surface area contributed by atoms with Crippen molar-refractivity contribution in [1.29, 1.82) is 0 Å². The quantitative estimate of drug-likeness (QED) is 0.689. The van der Waals surface area contributed by atoms with E-state index in [4.69, 9.17) is 22.1 Å². The normalized spacial score (nSPS) is 10.3. The summed E-state index contributed by atoms with van der Waals surface area (Å²) < 4.78 is 5.07. The third-order valence-electron chi connectivity index (χ3n) is 2.91. The molecule has 0 unspecified atom stereocenters. The molecule has 0 atom stereocenters. The van der Waals surface area contributed by atoms with Crippen LogP contribution in [0.2, 0.25) is 5.02 Å². The molecule has 0 radical (unpaired) electrons. The first-order valence-corrected chi connectivity index (χ1v) is 6.15. The summed E-state index contributed by atoms with van der Waals surface area (Å²) in [6, 6.07) is 10.2. The van der Waals surface area contributed by atoms with Gasteiger partial charge in [-0.05, 0) is 48.9 Å². The van der Waals surface area contributed by atoms with Crippen molar-refractivity contribution in [2.75, 3.05) is 12.8 Å². The summed E-state index contributed by atoms with van der Waals surface area (Å²) in [5.41, 5.74) is 8.31. The van der Waals surface area contributed by atoms with Gasteiger partial charge < -0.3 is 10.5 Å². The number of ketones is 1. The first-order valence-electron chi connectivity index (χ1n) is 5.77. The topological polar surface area (TPSA) is 52.3 Å². The Morgan fingerprint density at radius 3 is 2.53 bits per heavy atom. The lowest BCUT2D eigenvalue weighted by Gasteiger charge is -2.08. The van der Waals surface area contributed by atoms with E-state index >= 15 is 0 Å². The molecule has 2 N–H and O–H groups in total. The number of halogens is 1. The SMILES string of the molecule is COc1ccc(C(=O)c2ccc(N)cc2C)cc1Cl. The Balaban J connectivity index is 2.41. The van der Waals surface area contributed by atoms with Crippen LogP contribution in [0.1, 0.15) is 21.5 Å². The van der Waals surface area contributed by atoms with Crippen LogP contribution in [0.5, 0.6) is 5.75 Å². The van der Waals surface area contributed by atoms with Gasteiger partial charge in [-0.3, -0.25) is 4.79 Å². The Morgan fingerprint density at radius 2 is 1.95 bits per heavy atom. The molecule has 4 heteroatoms. The second-order valence-corrected chi connectivity index (χ2v) is 4.66. The van der Waals surface area contributed by atoms with Crippen molar-refractivity contribution in [3.05, 3.63) is 58.1 Å². The molecule has 0 fully saturated rings. The predicted molar refractivity (Wildman–Crippen MR) is 77.0 cm³/mol. The fourth-order valence-electron chi connectivity index (χ4n) is 1.90. The third kappa shape index (κ3) is 2.71. The van der Waals surface area contributed by atoms with Crippen LogP contribution in [-0.2, 0) is 0 Å². The molecule has 3 nitrogen and oxygen atoms in total. The molecule has 0 aromatic heterocycles. The highest BCUT2D eigenvalue weighted by atomic mass is 35.5. The minimum absolute atomic E-state index is 0.0814. The summed E-state index contributed by atoms with van der Waals surface area (Å²) in [6.07, 6.45) is 0. The highest BCUT2D eigenvalue weighted by Gasteiger charge is 2.13. The molecule has 2 rings (SSSR count). The van der Waals surface area contributed by atoms with E-state index in [9.17, 15) is 4.79 Å². The van der Waals surface area contributed by atoms with E-state index in [1.165, 1.54) is 7.11 Å². The zero-order valence-electron chi connectivity index (χ0n) is 10.7. The summed E-state index contributed by atoms with van der Waals surface area (Å²) in [5.74, 6) is 0.467. The molecule has 0 saturated heterocycles. The van der Waals surface area contributed by atoms with Gasteiger partial charge in [-0.2, -0.15) is 0 Å². The van der Waals surface area contributed by atoms with Gasteiger partial charge in [0.15, 0.2) is 5.78 Å². The van der Waals surface area contributed by atoms with Crippen LogP contribution in [-0.4, -0.2) is 12.9 Å². The van der Waals surface area contributed by atoms with E-state index in [0.29, 0.717) is 27.6 Å². The lowest BCUT2D eigenvalue weighted by atomic mass is 9.98. The zero-order valence-corrected chi connectivity index (χ0v) is 11.5. The summed E-state index contributed by atoms with van der Waals surface area (Å²) in [4.78, 5) is 12.4. The molecule has 0 spiro atoms. The smallest absolute Gasteiger partial charge is 0.193 e. The van der Waals surface area contributed by atoms with Gasteiger partial charge in [0.25, 0.3) is 0 Å². The maximum atomic E-state index is 12.4. The number of nitrogen functional groups attached to an aromatic ring is 1. The molecule has 0 amide bonds. The Hall–Kier alpha value is -2.00. The van der Waals surface area contributed by atoms with Crippen molar-refractivity contribution in [1.82, 2.24) is 0 Å². The highest BCUT2D eigenvalue weighted by Crippen LogP contribution is 2.26. The van der Waals surface area contributed by atoms with Gasteiger partial charge in [-0.1, -0.05) is 11.6 Å². The number of carbonyl (C=O) groups is 1. The van der Waals surface area contributed by atoms with Gasteiger partial charge in [0.05, 0.1) is 12.1 Å². The van der Waals surface area contributed by atoms with Gasteiger partial charge in [-0.25, -0.2) is 0 Å². The number of benzene rings is 2. The van der Waals surface area contributed by atoms with Crippen LogP contribution in [0.25, 0.3) is 0 Å². The number of hydrogen-bond acceptors (Lipinski definition) is 3. The number of aryl methyl sites for hydroxylation is 1. The maximum Gasteiger partial charge on any atom is 0.193 e. The van der Waals surface area contributed by atoms with E-state index < -0.39 is 0 Å². The number of anilines is 1. The van der Waals surface area contributed by atoms with Crippen LogP contribution in [0, 0.1) is 6.92 Å². The number of carbonyl (C=O) groups excluding carboxylic acids is 1. The molecule has 0 aliphatic rings. The zero-order chi connectivity index (χ0) is 14.0. The Bertz CT molecular complexity index is 638. The molecule has 0 bridgehead atoms. The second kappa shape index (κ2) is 5.33. The standard InChI is InChI=1S/C15H14ClNO2/c1-9-7-11(17)4-5-12(9)15(18)10-3-6-14(19-2)13(16)8-10/h3-8H,17H2,1-2H3. The van der Waals surface area contributed by atoms with Crippen LogP contribution >= 0.6 is 11.6 Å². The third-order valence-corrected chi connectivity index (χ3v) is 3.20. The Morgan fingerprint density at radius 1 is 1.21 bits per heavy atom. The van der Waals surface area contributed by atoms with Crippen molar-refractivity contribution in [3.63, 3.8) is 0 Å². The lowest BCUT2D eigenvalue weighted by molar-refractivity contribution is 0.103. The molecule has 19 heavy (non-hydrogen) atoms. The Labute approximate surface area is 117 Å². The number of nitrogens with two attached hydrogens (primary N) is 1. The molecular weight excluding hydrogens is 262 g/mol. The van der Waals surface area contributed by atoms with Crippen molar-refractivity contribution >= 4 is 23.1 Å². The monoisotopic (exact) mass is 275 g/mol. The van der Waals surface area contributed by atoms with Crippen LogP contribution in [0.3, 0.4) is 0 Å². The number of ether oxygens (including phenoxy) is 1. The lowest BCUT2D eigenvalue weighted by Crippen LogP contribution is -2.04. The summed E-state index contributed by atoms with van der Waals surface area (Å²) in [6.45, 7) is 1.86. The molecule has 2 aromatic rings. The number of rotatable bonds is 3. The second-order valence-electron chi connectivity index (χ2n) is 4.25. The molecular formula is C15H14ClNO2. The minimum Gasteiger partial charge on any atom is -0.495 e. The van der Waals surface area contributed by atoms with E-state index in [1.54, 1.807) is 36.4 Å². The molecule has 0 aliphatic carbocycles. The maximum absolute atomic E-state index is 12.4. The summed E-state index contributed by atoms with van der Waals surface area (Å²) in [5, 5.41) is 0.418.